The molecule has 3 rings (SSSR count). The average Bonchev–Trinajstić information content (AvgIpc) is 2.57. The molecule has 0 saturated heterocycles. The molecule has 0 fully saturated rings. The first-order valence-corrected chi connectivity index (χ1v) is 7.86. The van der Waals surface area contributed by atoms with Crippen molar-refractivity contribution in [2.75, 3.05) is 0 Å². The van der Waals surface area contributed by atoms with Gasteiger partial charge in [-0.15, -0.1) is 5.11 Å². The van der Waals surface area contributed by atoms with Crippen molar-refractivity contribution in [3.8, 4) is 5.75 Å². The Morgan fingerprint density at radius 1 is 1.08 bits per heavy atom. The summed E-state index contributed by atoms with van der Waals surface area (Å²) in [5.41, 5.74) is 1.54. The first-order valence-electron chi connectivity index (χ1n) is 7.10. The lowest BCUT2D eigenvalue weighted by Crippen LogP contribution is -1.90. The average molecular weight is 359 g/mol. The molecule has 0 radical (unpaired) electrons. The molecule has 0 aromatic heterocycles. The third-order valence-electron chi connectivity index (χ3n) is 3.70. The SMILES string of the molecule is Cc1c(Cl)cccc1N=Nc1c(O)c(C(=O)Cl)cc2ccccc12. The van der Waals surface area contributed by atoms with Gasteiger partial charge in [0, 0.05) is 10.4 Å². The second kappa shape index (κ2) is 6.59. The zero-order valence-corrected chi connectivity index (χ0v) is 14.1. The normalized spacial score (nSPS) is 11.3. The fourth-order valence-corrected chi connectivity index (χ4v) is 2.69. The molecule has 0 aliphatic carbocycles. The van der Waals surface area contributed by atoms with Crippen LogP contribution in [0, 0.1) is 6.92 Å². The molecule has 24 heavy (non-hydrogen) atoms. The van der Waals surface area contributed by atoms with Crippen LogP contribution in [0.2, 0.25) is 5.02 Å². The van der Waals surface area contributed by atoms with E-state index in [-0.39, 0.29) is 17.0 Å². The Hall–Kier alpha value is -2.43. The zero-order chi connectivity index (χ0) is 17.3. The molecular formula is C18H12Cl2N2O2. The van der Waals surface area contributed by atoms with Crippen molar-refractivity contribution >= 4 is 50.6 Å². The van der Waals surface area contributed by atoms with Crippen LogP contribution in [0.4, 0.5) is 11.4 Å². The number of phenols is 1. The third-order valence-corrected chi connectivity index (χ3v) is 4.32. The largest absolute Gasteiger partial charge is 0.505 e. The van der Waals surface area contributed by atoms with Gasteiger partial charge in [-0.3, -0.25) is 4.79 Å². The highest BCUT2D eigenvalue weighted by Crippen LogP contribution is 2.40. The number of hydrogen-bond acceptors (Lipinski definition) is 4. The van der Waals surface area contributed by atoms with E-state index < -0.39 is 5.24 Å². The lowest BCUT2D eigenvalue weighted by molar-refractivity contribution is 0.107. The van der Waals surface area contributed by atoms with Crippen molar-refractivity contribution < 1.29 is 9.90 Å². The van der Waals surface area contributed by atoms with Gasteiger partial charge in [-0.05, 0) is 47.7 Å². The molecule has 0 amide bonds. The fraction of sp³-hybridized carbons (Fsp3) is 0.0556. The highest BCUT2D eigenvalue weighted by atomic mass is 35.5. The monoisotopic (exact) mass is 358 g/mol. The van der Waals surface area contributed by atoms with Crippen molar-refractivity contribution in [3.05, 3.63) is 64.7 Å². The van der Waals surface area contributed by atoms with Crippen LogP contribution >= 0.6 is 23.2 Å². The summed E-state index contributed by atoms with van der Waals surface area (Å²) >= 11 is 11.6. The van der Waals surface area contributed by atoms with E-state index in [1.165, 1.54) is 6.07 Å². The predicted octanol–water partition coefficient (Wildman–Crippen LogP) is 6.30. The molecule has 4 nitrogen and oxygen atoms in total. The molecule has 1 N–H and O–H groups in total. The second-order valence-electron chi connectivity index (χ2n) is 5.20. The number of nitrogens with zero attached hydrogens (tertiary/aromatic N) is 2. The quantitative estimate of drug-likeness (QED) is 0.440. The number of azo groups is 1. The minimum Gasteiger partial charge on any atom is -0.505 e. The zero-order valence-electron chi connectivity index (χ0n) is 12.6. The maximum absolute atomic E-state index is 11.6. The molecule has 0 spiro atoms. The third kappa shape index (κ3) is 2.98. The molecule has 0 aliphatic rings. The van der Waals surface area contributed by atoms with E-state index in [1.807, 2.05) is 25.1 Å². The van der Waals surface area contributed by atoms with E-state index in [0.717, 1.165) is 10.9 Å². The topological polar surface area (TPSA) is 62.0 Å². The van der Waals surface area contributed by atoms with Crippen LogP contribution in [-0.4, -0.2) is 10.3 Å². The number of carbonyl (C=O) groups is 1. The maximum atomic E-state index is 11.6. The Bertz CT molecular complexity index is 984. The number of benzene rings is 3. The van der Waals surface area contributed by atoms with Crippen molar-refractivity contribution in [1.82, 2.24) is 0 Å². The minimum atomic E-state index is -0.756. The highest BCUT2D eigenvalue weighted by molar-refractivity contribution is 6.68. The van der Waals surface area contributed by atoms with Crippen LogP contribution in [-0.2, 0) is 0 Å². The molecule has 3 aromatic rings. The summed E-state index contributed by atoms with van der Waals surface area (Å²) in [5, 5.41) is 19.9. The molecular weight excluding hydrogens is 347 g/mol. The Kier molecular flexibility index (Phi) is 4.51. The van der Waals surface area contributed by atoms with E-state index in [0.29, 0.717) is 16.1 Å². The molecule has 6 heteroatoms. The smallest absolute Gasteiger partial charge is 0.256 e. The molecule has 0 saturated carbocycles. The summed E-state index contributed by atoms with van der Waals surface area (Å²) in [6, 6.07) is 14.1. The lowest BCUT2D eigenvalue weighted by atomic mass is 10.0. The van der Waals surface area contributed by atoms with E-state index >= 15 is 0 Å². The number of fused-ring (bicyclic) bond motifs is 1. The van der Waals surface area contributed by atoms with Crippen molar-refractivity contribution in [1.29, 1.82) is 0 Å². The number of halogens is 2. The van der Waals surface area contributed by atoms with E-state index in [4.69, 9.17) is 23.2 Å². The van der Waals surface area contributed by atoms with Crippen LogP contribution in [0.1, 0.15) is 15.9 Å². The summed E-state index contributed by atoms with van der Waals surface area (Å²) < 4.78 is 0. The van der Waals surface area contributed by atoms with Gasteiger partial charge < -0.3 is 5.11 Å². The van der Waals surface area contributed by atoms with Gasteiger partial charge in [-0.25, -0.2) is 0 Å². The van der Waals surface area contributed by atoms with Crippen molar-refractivity contribution in [3.63, 3.8) is 0 Å². The van der Waals surface area contributed by atoms with Gasteiger partial charge in [-0.2, -0.15) is 5.11 Å². The molecule has 3 aromatic carbocycles. The van der Waals surface area contributed by atoms with Gasteiger partial charge in [0.25, 0.3) is 5.24 Å². The number of hydrogen-bond donors (Lipinski definition) is 1. The van der Waals surface area contributed by atoms with Crippen LogP contribution in [0.25, 0.3) is 10.8 Å². The standard InChI is InChI=1S/C18H12Cl2N2O2/c1-10-14(19)7-4-8-15(10)21-22-16-12-6-3-2-5-11(12)9-13(17(16)23)18(20)24/h2-9,23H,1H3. The van der Waals surface area contributed by atoms with Crippen LogP contribution in [0.15, 0.2) is 58.8 Å². The Morgan fingerprint density at radius 3 is 2.58 bits per heavy atom. The number of rotatable bonds is 3. The summed E-state index contributed by atoms with van der Waals surface area (Å²) in [6.07, 6.45) is 0. The Labute approximate surface area is 148 Å². The number of aromatic hydroxyl groups is 1. The van der Waals surface area contributed by atoms with Crippen LogP contribution in [0.3, 0.4) is 0 Å². The van der Waals surface area contributed by atoms with Gasteiger partial charge in [0.15, 0.2) is 5.75 Å². The van der Waals surface area contributed by atoms with Gasteiger partial charge in [0.2, 0.25) is 0 Å². The van der Waals surface area contributed by atoms with Crippen LogP contribution in [0.5, 0.6) is 5.75 Å². The summed E-state index contributed by atoms with van der Waals surface area (Å²) in [4.78, 5) is 11.6. The minimum absolute atomic E-state index is 0.00728. The molecule has 0 aliphatic heterocycles. The van der Waals surface area contributed by atoms with Crippen molar-refractivity contribution in [2.45, 2.75) is 6.92 Å². The van der Waals surface area contributed by atoms with E-state index in [2.05, 4.69) is 10.2 Å². The Morgan fingerprint density at radius 2 is 1.83 bits per heavy atom. The van der Waals surface area contributed by atoms with Gasteiger partial charge in [-0.1, -0.05) is 41.9 Å². The van der Waals surface area contributed by atoms with E-state index in [1.54, 1.807) is 24.3 Å². The molecule has 0 bridgehead atoms. The predicted molar refractivity (Wildman–Crippen MR) is 96.2 cm³/mol. The first kappa shape index (κ1) is 16.4. The maximum Gasteiger partial charge on any atom is 0.256 e. The first-order chi connectivity index (χ1) is 11.5. The van der Waals surface area contributed by atoms with Crippen molar-refractivity contribution in [2.24, 2.45) is 10.2 Å². The summed E-state index contributed by atoms with van der Waals surface area (Å²) in [7, 11) is 0. The van der Waals surface area contributed by atoms with E-state index in [9.17, 15) is 9.90 Å². The molecule has 0 atom stereocenters. The second-order valence-corrected chi connectivity index (χ2v) is 5.95. The summed E-state index contributed by atoms with van der Waals surface area (Å²) in [5.74, 6) is -0.294. The highest BCUT2D eigenvalue weighted by Gasteiger charge is 2.16. The van der Waals surface area contributed by atoms with Gasteiger partial charge >= 0.3 is 0 Å². The number of carbonyl (C=O) groups excluding carboxylic acids is 1. The van der Waals surface area contributed by atoms with Gasteiger partial charge in [0.1, 0.15) is 5.69 Å². The molecule has 0 unspecified atom stereocenters. The number of phenolic OH excluding ortho intramolecular Hbond substituents is 1. The Balaban J connectivity index is 2.21. The molecule has 120 valence electrons. The summed E-state index contributed by atoms with van der Waals surface area (Å²) in [6.45, 7) is 1.83. The lowest BCUT2D eigenvalue weighted by Gasteiger charge is -2.08. The molecule has 0 heterocycles. The van der Waals surface area contributed by atoms with Crippen LogP contribution < -0.4 is 0 Å². The van der Waals surface area contributed by atoms with Gasteiger partial charge in [0.05, 0.1) is 11.3 Å². The fourth-order valence-electron chi connectivity index (χ4n) is 2.38.